The normalized spacial score (nSPS) is 11.0. The number of carbonyl (C=O) groups is 1. The van der Waals surface area contributed by atoms with Gasteiger partial charge in [-0.3, -0.25) is 4.79 Å². The molecule has 2 aromatic rings. The van der Waals surface area contributed by atoms with Gasteiger partial charge in [0.2, 0.25) is 10.0 Å². The number of nitrogens with two attached hydrogens (primary N) is 1. The van der Waals surface area contributed by atoms with Crippen LogP contribution < -0.4 is 15.2 Å². The molecule has 0 radical (unpaired) electrons. The van der Waals surface area contributed by atoms with Gasteiger partial charge in [0.1, 0.15) is 5.75 Å². The average molecular weight is 385 g/mol. The molecule has 0 saturated carbocycles. The lowest BCUT2D eigenvalue weighted by molar-refractivity contribution is -0.118. The van der Waals surface area contributed by atoms with Gasteiger partial charge in [-0.2, -0.15) is 0 Å². The lowest BCUT2D eigenvalue weighted by Gasteiger charge is -2.08. The molecule has 0 unspecified atom stereocenters. The molecule has 3 N–H and O–H groups in total. The molecule has 0 atom stereocenters. The molecule has 116 valence electrons. The van der Waals surface area contributed by atoms with Crippen LogP contribution in [0.15, 0.2) is 57.9 Å². The van der Waals surface area contributed by atoms with Crippen molar-refractivity contribution in [2.24, 2.45) is 5.14 Å². The fourth-order valence-electron chi connectivity index (χ4n) is 1.60. The number of anilines is 1. The number of ether oxygens (including phenoxy) is 1. The highest BCUT2D eigenvalue weighted by atomic mass is 79.9. The average Bonchev–Trinajstić information content (AvgIpc) is 2.46. The number of hydrogen-bond donors (Lipinski definition) is 2. The highest BCUT2D eigenvalue weighted by Crippen LogP contribution is 2.16. The van der Waals surface area contributed by atoms with Crippen LogP contribution in [-0.2, 0) is 14.8 Å². The van der Waals surface area contributed by atoms with Crippen LogP contribution in [0.1, 0.15) is 0 Å². The Morgan fingerprint density at radius 3 is 2.23 bits per heavy atom. The molecule has 8 heteroatoms. The summed E-state index contributed by atoms with van der Waals surface area (Å²) in [7, 11) is -3.74. The van der Waals surface area contributed by atoms with Gasteiger partial charge >= 0.3 is 0 Å². The van der Waals surface area contributed by atoms with Crippen molar-refractivity contribution in [2.45, 2.75) is 4.90 Å². The van der Waals surface area contributed by atoms with Crippen LogP contribution in [0, 0.1) is 0 Å². The molecule has 0 aliphatic rings. The molecule has 0 bridgehead atoms. The fraction of sp³-hybridized carbons (Fsp3) is 0.0714. The molecular formula is C14H13BrN2O4S. The Hall–Kier alpha value is -1.90. The first-order valence-electron chi connectivity index (χ1n) is 6.16. The summed E-state index contributed by atoms with van der Waals surface area (Å²) in [5, 5.41) is 7.59. The highest BCUT2D eigenvalue weighted by Gasteiger charge is 2.08. The molecule has 0 fully saturated rings. The highest BCUT2D eigenvalue weighted by molar-refractivity contribution is 9.10. The smallest absolute Gasteiger partial charge is 0.262 e. The molecule has 0 aliphatic carbocycles. The van der Waals surface area contributed by atoms with E-state index in [4.69, 9.17) is 9.88 Å². The maximum absolute atomic E-state index is 11.7. The third-order valence-corrected chi connectivity index (χ3v) is 4.11. The van der Waals surface area contributed by atoms with E-state index in [1.165, 1.54) is 24.3 Å². The Labute approximate surface area is 136 Å². The number of nitrogens with one attached hydrogen (secondary N) is 1. The molecule has 2 rings (SSSR count). The van der Waals surface area contributed by atoms with Gasteiger partial charge < -0.3 is 10.1 Å². The van der Waals surface area contributed by atoms with Crippen molar-refractivity contribution in [3.63, 3.8) is 0 Å². The lowest BCUT2D eigenvalue weighted by atomic mass is 10.3. The predicted molar refractivity (Wildman–Crippen MR) is 86.1 cm³/mol. The van der Waals surface area contributed by atoms with Gasteiger partial charge in [-0.25, -0.2) is 13.6 Å². The molecule has 0 heterocycles. The number of primary sulfonamides is 1. The summed E-state index contributed by atoms with van der Waals surface area (Å²) >= 11 is 3.30. The number of rotatable bonds is 5. The van der Waals surface area contributed by atoms with Crippen LogP contribution in [0.25, 0.3) is 0 Å². The number of benzene rings is 2. The number of amides is 1. The van der Waals surface area contributed by atoms with E-state index in [1.54, 1.807) is 24.3 Å². The van der Waals surface area contributed by atoms with Crippen LogP contribution in [0.2, 0.25) is 0 Å². The third-order valence-electron chi connectivity index (χ3n) is 2.65. The lowest BCUT2D eigenvalue weighted by Crippen LogP contribution is -2.20. The van der Waals surface area contributed by atoms with Gasteiger partial charge in [-0.05, 0) is 48.5 Å². The standard InChI is InChI=1S/C14H13BrN2O4S/c15-10-1-5-12(6-2-10)21-9-14(18)17-11-3-7-13(8-4-11)22(16,19)20/h1-8H,9H2,(H,17,18)(H2,16,19,20). The first-order valence-corrected chi connectivity index (χ1v) is 8.49. The first-order chi connectivity index (χ1) is 10.3. The van der Waals surface area contributed by atoms with Gasteiger partial charge in [0.05, 0.1) is 4.90 Å². The second-order valence-corrected chi connectivity index (χ2v) is 6.84. The minimum Gasteiger partial charge on any atom is -0.484 e. The summed E-state index contributed by atoms with van der Waals surface area (Å²) < 4.78 is 28.5. The van der Waals surface area contributed by atoms with Crippen molar-refractivity contribution in [3.8, 4) is 5.75 Å². The van der Waals surface area contributed by atoms with Crippen LogP contribution in [0.5, 0.6) is 5.75 Å². The van der Waals surface area contributed by atoms with Gasteiger partial charge in [0.25, 0.3) is 5.91 Å². The van der Waals surface area contributed by atoms with Crippen LogP contribution in [0.4, 0.5) is 5.69 Å². The van der Waals surface area contributed by atoms with Crippen LogP contribution >= 0.6 is 15.9 Å². The zero-order chi connectivity index (χ0) is 16.2. The van der Waals surface area contributed by atoms with E-state index in [0.717, 1.165) is 4.47 Å². The molecule has 0 spiro atoms. The Bertz CT molecular complexity index is 758. The minimum atomic E-state index is -3.74. The summed E-state index contributed by atoms with van der Waals surface area (Å²) in [6.45, 7) is -0.154. The van der Waals surface area contributed by atoms with E-state index in [-0.39, 0.29) is 17.4 Å². The van der Waals surface area contributed by atoms with E-state index < -0.39 is 10.0 Å². The quantitative estimate of drug-likeness (QED) is 0.824. The topological polar surface area (TPSA) is 98.5 Å². The molecule has 6 nitrogen and oxygen atoms in total. The van der Waals surface area contributed by atoms with Crippen molar-refractivity contribution < 1.29 is 17.9 Å². The summed E-state index contributed by atoms with van der Waals surface area (Å²) in [5.74, 6) is 0.217. The maximum Gasteiger partial charge on any atom is 0.262 e. The second-order valence-electron chi connectivity index (χ2n) is 4.36. The van der Waals surface area contributed by atoms with E-state index >= 15 is 0 Å². The molecule has 1 amide bonds. The number of halogens is 1. The molecule has 2 aromatic carbocycles. The van der Waals surface area contributed by atoms with E-state index in [9.17, 15) is 13.2 Å². The Morgan fingerprint density at radius 1 is 1.09 bits per heavy atom. The van der Waals surface area contributed by atoms with Crippen molar-refractivity contribution in [2.75, 3.05) is 11.9 Å². The first kappa shape index (κ1) is 16.5. The van der Waals surface area contributed by atoms with E-state index in [1.807, 2.05) is 0 Å². The molecular weight excluding hydrogens is 372 g/mol. The van der Waals surface area contributed by atoms with Gasteiger partial charge in [-0.1, -0.05) is 15.9 Å². The zero-order valence-electron chi connectivity index (χ0n) is 11.3. The van der Waals surface area contributed by atoms with Crippen LogP contribution in [-0.4, -0.2) is 20.9 Å². The fourth-order valence-corrected chi connectivity index (χ4v) is 2.38. The summed E-state index contributed by atoms with van der Waals surface area (Å²) in [4.78, 5) is 11.7. The van der Waals surface area contributed by atoms with Crippen molar-refractivity contribution >= 4 is 37.5 Å². The predicted octanol–water partition coefficient (Wildman–Crippen LogP) is 2.11. The molecule has 22 heavy (non-hydrogen) atoms. The van der Waals surface area contributed by atoms with Gasteiger partial charge in [-0.15, -0.1) is 0 Å². The molecule has 0 aromatic heterocycles. The SMILES string of the molecule is NS(=O)(=O)c1ccc(NC(=O)COc2ccc(Br)cc2)cc1. The van der Waals surface area contributed by atoms with Gasteiger partial charge in [0, 0.05) is 10.2 Å². The summed E-state index contributed by atoms with van der Waals surface area (Å²) in [6.07, 6.45) is 0. The largest absolute Gasteiger partial charge is 0.484 e. The van der Waals surface area contributed by atoms with E-state index in [2.05, 4.69) is 21.2 Å². The summed E-state index contributed by atoms with van der Waals surface area (Å²) in [6, 6.07) is 12.6. The Morgan fingerprint density at radius 2 is 1.68 bits per heavy atom. The Balaban J connectivity index is 1.90. The molecule has 0 saturated heterocycles. The number of carbonyl (C=O) groups excluding carboxylic acids is 1. The van der Waals surface area contributed by atoms with E-state index in [0.29, 0.717) is 11.4 Å². The number of hydrogen-bond acceptors (Lipinski definition) is 4. The maximum atomic E-state index is 11.7. The molecule has 0 aliphatic heterocycles. The van der Waals surface area contributed by atoms with Crippen molar-refractivity contribution in [1.82, 2.24) is 0 Å². The third kappa shape index (κ3) is 4.83. The monoisotopic (exact) mass is 384 g/mol. The zero-order valence-corrected chi connectivity index (χ0v) is 13.7. The van der Waals surface area contributed by atoms with Gasteiger partial charge in [0.15, 0.2) is 6.61 Å². The Kier molecular flexibility index (Phi) is 5.17. The summed E-state index contributed by atoms with van der Waals surface area (Å²) in [5.41, 5.74) is 0.455. The van der Waals surface area contributed by atoms with Crippen LogP contribution in [0.3, 0.4) is 0 Å². The van der Waals surface area contributed by atoms with Crippen molar-refractivity contribution in [1.29, 1.82) is 0 Å². The number of sulfonamides is 1. The minimum absolute atomic E-state index is 0.0170. The second kappa shape index (κ2) is 6.91. The van der Waals surface area contributed by atoms with Crippen molar-refractivity contribution in [3.05, 3.63) is 53.0 Å².